The number of nitrogens with two attached hydrogens (primary N) is 1. The van der Waals surface area contributed by atoms with Crippen LogP contribution in [0.15, 0.2) is 0 Å². The van der Waals surface area contributed by atoms with Crippen molar-refractivity contribution in [2.24, 2.45) is 17.6 Å². The quantitative estimate of drug-likeness (QED) is 0.810. The maximum atomic E-state index is 11.6. The largest absolute Gasteiger partial charge is 0.381 e. The Hall–Kier alpha value is -0.170. The van der Waals surface area contributed by atoms with Crippen LogP contribution in [-0.2, 0) is 14.8 Å². The molecule has 106 valence electrons. The highest BCUT2D eigenvalue weighted by molar-refractivity contribution is 7.88. The lowest BCUT2D eigenvalue weighted by Crippen LogP contribution is -2.43. The van der Waals surface area contributed by atoms with Gasteiger partial charge in [0.1, 0.15) is 0 Å². The Bertz CT molecular complexity index is 372. The fourth-order valence-corrected chi connectivity index (χ4v) is 3.95. The van der Waals surface area contributed by atoms with Gasteiger partial charge in [0.25, 0.3) is 0 Å². The first-order valence-electron chi connectivity index (χ1n) is 6.75. The predicted octanol–water partition coefficient (Wildman–Crippen LogP) is 0.412. The summed E-state index contributed by atoms with van der Waals surface area (Å²) < 4.78 is 30.2. The summed E-state index contributed by atoms with van der Waals surface area (Å²) in [6.07, 6.45) is 5.28. The van der Waals surface area contributed by atoms with Crippen LogP contribution in [0.3, 0.4) is 0 Å². The molecule has 2 saturated heterocycles. The van der Waals surface area contributed by atoms with Crippen LogP contribution in [0.25, 0.3) is 0 Å². The zero-order valence-corrected chi connectivity index (χ0v) is 11.9. The van der Waals surface area contributed by atoms with Crippen molar-refractivity contribution in [3.8, 4) is 0 Å². The molecule has 2 N–H and O–H groups in total. The van der Waals surface area contributed by atoms with Gasteiger partial charge in [0.05, 0.1) is 12.9 Å². The second-order valence-corrected chi connectivity index (χ2v) is 7.63. The van der Waals surface area contributed by atoms with Crippen molar-refractivity contribution < 1.29 is 13.2 Å². The number of ether oxygens (including phenoxy) is 1. The van der Waals surface area contributed by atoms with Crippen molar-refractivity contribution in [1.29, 1.82) is 0 Å². The van der Waals surface area contributed by atoms with Gasteiger partial charge in [-0.25, -0.2) is 12.7 Å². The molecule has 3 unspecified atom stereocenters. The Labute approximate surface area is 110 Å². The van der Waals surface area contributed by atoms with Crippen LogP contribution in [0.1, 0.15) is 25.7 Å². The number of hydrogen-bond acceptors (Lipinski definition) is 4. The lowest BCUT2D eigenvalue weighted by Gasteiger charge is -2.36. The van der Waals surface area contributed by atoms with Crippen LogP contribution in [0, 0.1) is 11.8 Å². The molecule has 5 nitrogen and oxygen atoms in total. The number of sulfonamides is 1. The van der Waals surface area contributed by atoms with Gasteiger partial charge >= 0.3 is 0 Å². The van der Waals surface area contributed by atoms with E-state index in [1.54, 1.807) is 4.31 Å². The molecule has 2 rings (SSSR count). The van der Waals surface area contributed by atoms with Crippen LogP contribution in [0.2, 0.25) is 0 Å². The first kappa shape index (κ1) is 14.2. The van der Waals surface area contributed by atoms with Gasteiger partial charge in [0, 0.05) is 25.7 Å². The minimum absolute atomic E-state index is 0.215. The van der Waals surface area contributed by atoms with Crippen molar-refractivity contribution in [3.63, 3.8) is 0 Å². The molecule has 0 aliphatic carbocycles. The first-order chi connectivity index (χ1) is 8.47. The lowest BCUT2D eigenvalue weighted by atomic mass is 9.84. The summed E-state index contributed by atoms with van der Waals surface area (Å²) in [5.41, 5.74) is 6.10. The van der Waals surface area contributed by atoms with E-state index in [4.69, 9.17) is 10.5 Å². The molecule has 0 amide bonds. The van der Waals surface area contributed by atoms with E-state index >= 15 is 0 Å². The molecule has 0 aromatic carbocycles. The third-order valence-electron chi connectivity index (χ3n) is 4.12. The van der Waals surface area contributed by atoms with Gasteiger partial charge in [-0.2, -0.15) is 0 Å². The Morgan fingerprint density at radius 3 is 2.83 bits per heavy atom. The van der Waals surface area contributed by atoms with Crippen LogP contribution in [0.4, 0.5) is 0 Å². The van der Waals surface area contributed by atoms with Crippen molar-refractivity contribution in [2.75, 3.05) is 32.6 Å². The molecule has 0 saturated carbocycles. The monoisotopic (exact) mass is 276 g/mol. The van der Waals surface area contributed by atoms with Gasteiger partial charge in [-0.05, 0) is 37.5 Å². The highest BCUT2D eigenvalue weighted by Gasteiger charge is 2.30. The summed E-state index contributed by atoms with van der Waals surface area (Å²) in [4.78, 5) is 0. The van der Waals surface area contributed by atoms with Gasteiger partial charge < -0.3 is 10.5 Å². The Balaban J connectivity index is 1.89. The van der Waals surface area contributed by atoms with E-state index < -0.39 is 10.0 Å². The predicted molar refractivity (Wildman–Crippen MR) is 70.7 cm³/mol. The third kappa shape index (κ3) is 3.66. The molecule has 0 radical (unpaired) electrons. The number of hydrogen-bond donors (Lipinski definition) is 1. The average Bonchev–Trinajstić information content (AvgIpc) is 2.31. The first-order valence-corrected chi connectivity index (χ1v) is 8.60. The van der Waals surface area contributed by atoms with Crippen molar-refractivity contribution in [1.82, 2.24) is 4.31 Å². The Morgan fingerprint density at radius 1 is 1.39 bits per heavy atom. The lowest BCUT2D eigenvalue weighted by molar-refractivity contribution is 0.0285. The fourth-order valence-electron chi connectivity index (χ4n) is 3.00. The SMILES string of the molecule is CS(=O)(=O)N1CCCC(CC2COCCC2N)C1. The molecule has 0 spiro atoms. The number of nitrogens with zero attached hydrogens (tertiary/aromatic N) is 1. The van der Waals surface area contributed by atoms with E-state index in [1.165, 1.54) is 6.26 Å². The molecule has 2 fully saturated rings. The van der Waals surface area contributed by atoms with Crippen LogP contribution in [-0.4, -0.2) is 51.3 Å². The zero-order chi connectivity index (χ0) is 13.2. The van der Waals surface area contributed by atoms with E-state index in [-0.39, 0.29) is 6.04 Å². The number of rotatable bonds is 3. The summed E-state index contributed by atoms with van der Waals surface area (Å²) >= 11 is 0. The minimum atomic E-state index is -3.04. The van der Waals surface area contributed by atoms with Crippen LogP contribution >= 0.6 is 0 Å². The van der Waals surface area contributed by atoms with Crippen molar-refractivity contribution >= 4 is 10.0 Å². The van der Waals surface area contributed by atoms with Gasteiger partial charge in [-0.3, -0.25) is 0 Å². The molecule has 0 aromatic heterocycles. The summed E-state index contributed by atoms with van der Waals surface area (Å²) in [6.45, 7) is 2.82. The molecular formula is C12H24N2O3S. The van der Waals surface area contributed by atoms with Crippen molar-refractivity contribution in [3.05, 3.63) is 0 Å². The summed E-state index contributed by atoms with van der Waals surface area (Å²) in [5.74, 6) is 0.828. The highest BCUT2D eigenvalue weighted by atomic mass is 32.2. The van der Waals surface area contributed by atoms with Crippen molar-refractivity contribution in [2.45, 2.75) is 31.7 Å². The average molecular weight is 276 g/mol. The molecule has 2 heterocycles. The smallest absolute Gasteiger partial charge is 0.211 e. The normalized spacial score (nSPS) is 35.6. The van der Waals surface area contributed by atoms with E-state index in [2.05, 4.69) is 0 Å². The van der Waals surface area contributed by atoms with E-state index in [9.17, 15) is 8.42 Å². The topological polar surface area (TPSA) is 72.6 Å². The summed E-state index contributed by atoms with van der Waals surface area (Å²) in [5, 5.41) is 0. The summed E-state index contributed by atoms with van der Waals surface area (Å²) in [7, 11) is -3.04. The zero-order valence-electron chi connectivity index (χ0n) is 11.0. The highest BCUT2D eigenvalue weighted by Crippen LogP contribution is 2.28. The second kappa shape index (κ2) is 5.86. The fraction of sp³-hybridized carbons (Fsp3) is 1.00. The van der Waals surface area contributed by atoms with Crippen LogP contribution < -0.4 is 5.73 Å². The Kier molecular flexibility index (Phi) is 4.64. The molecule has 2 aliphatic heterocycles. The van der Waals surface area contributed by atoms with Crippen LogP contribution in [0.5, 0.6) is 0 Å². The van der Waals surface area contributed by atoms with E-state index in [1.807, 2.05) is 0 Å². The molecule has 2 aliphatic rings. The molecule has 6 heteroatoms. The standard InChI is InChI=1S/C12H24N2O3S/c1-18(15,16)14-5-2-3-10(8-14)7-11-9-17-6-4-12(11)13/h10-12H,2-9,13H2,1H3. The molecule has 18 heavy (non-hydrogen) atoms. The van der Waals surface area contributed by atoms with Gasteiger partial charge in [-0.15, -0.1) is 0 Å². The maximum absolute atomic E-state index is 11.6. The van der Waals surface area contributed by atoms with Gasteiger partial charge in [0.2, 0.25) is 10.0 Å². The van der Waals surface area contributed by atoms with E-state index in [0.29, 0.717) is 24.9 Å². The maximum Gasteiger partial charge on any atom is 0.211 e. The molecule has 0 bridgehead atoms. The molecular weight excluding hydrogens is 252 g/mol. The Morgan fingerprint density at radius 2 is 2.17 bits per heavy atom. The van der Waals surface area contributed by atoms with Gasteiger partial charge in [0.15, 0.2) is 0 Å². The molecule has 3 atom stereocenters. The third-order valence-corrected chi connectivity index (χ3v) is 5.39. The van der Waals surface area contributed by atoms with E-state index in [0.717, 1.165) is 38.9 Å². The second-order valence-electron chi connectivity index (χ2n) is 5.65. The minimum Gasteiger partial charge on any atom is -0.381 e. The summed E-state index contributed by atoms with van der Waals surface area (Å²) in [6, 6.07) is 0.215. The van der Waals surface area contributed by atoms with Gasteiger partial charge in [-0.1, -0.05) is 0 Å². The molecule has 0 aromatic rings. The number of piperidine rings is 1.